The fraction of sp³-hybridized carbons (Fsp3) is 0.244. The number of carbonyl (C=O) groups excluding carboxylic acids is 1. The average molecular weight is 676 g/mol. The van der Waals surface area contributed by atoms with Crippen LogP contribution in [0.25, 0.3) is 33.7 Å². The third-order valence-corrected chi connectivity index (χ3v) is 10.3. The second kappa shape index (κ2) is 11.9. The molecule has 0 fully saturated rings. The monoisotopic (exact) mass is 675 g/mol. The fourth-order valence-corrected chi connectivity index (χ4v) is 7.89. The Morgan fingerprint density at radius 3 is 2.28 bits per heavy atom. The van der Waals surface area contributed by atoms with E-state index in [0.29, 0.717) is 42.0 Å². The number of para-hydroxylation sites is 1. The maximum atomic E-state index is 14.5. The number of carboxylic acid groups (broad SMARTS) is 1. The Hall–Kier alpha value is -5.44. The molecule has 0 saturated carbocycles. The molecule has 0 radical (unpaired) electrons. The molecular formula is C41H36F3N3O3. The SMILES string of the molecule is Cc1ccccc1-n1c(-c2ccccc2C(=O)N2CC=C3C(C)(C)C(c4ccc(C(=O)O)cc4)=CC[C@]3(C)C2)nc2cc(C(F)(F)F)ccc21. The standard InChI is InChI=1S/C41H36F3N3O3/c1-25-9-5-8-12-33(25)47-34-18-17-28(41(42,43)44)23-32(34)45-36(47)29-10-6-7-11-30(29)37(48)46-22-20-35-39(2,3)31(19-21-40(35,4)24-46)26-13-15-27(16-14-26)38(49)50/h5-20,23H,21-22,24H2,1-4H3,(H,49,50)/t40-/m1/s1. The lowest BCUT2D eigenvalue weighted by Gasteiger charge is -2.50. The molecule has 254 valence electrons. The first-order valence-corrected chi connectivity index (χ1v) is 16.5. The van der Waals surface area contributed by atoms with Gasteiger partial charge in [0, 0.05) is 29.5 Å². The second-order valence-corrected chi connectivity index (χ2v) is 14.0. The smallest absolute Gasteiger partial charge is 0.416 e. The van der Waals surface area contributed by atoms with Crippen molar-refractivity contribution in [3.05, 3.63) is 137 Å². The number of aryl methyl sites for hydroxylation is 1. The lowest BCUT2D eigenvalue weighted by molar-refractivity contribution is -0.137. The number of benzene rings is 4. The first-order valence-electron chi connectivity index (χ1n) is 16.5. The lowest BCUT2D eigenvalue weighted by atomic mass is 9.58. The minimum Gasteiger partial charge on any atom is -0.478 e. The predicted molar refractivity (Wildman–Crippen MR) is 188 cm³/mol. The zero-order chi connectivity index (χ0) is 35.6. The van der Waals surface area contributed by atoms with E-state index in [-0.39, 0.29) is 27.8 Å². The molecule has 2 aliphatic rings. The molecule has 1 N–H and O–H groups in total. The molecule has 0 bridgehead atoms. The molecule has 6 nitrogen and oxygen atoms in total. The summed E-state index contributed by atoms with van der Waals surface area (Å²) in [5, 5.41) is 9.36. The Kier molecular flexibility index (Phi) is 7.85. The average Bonchev–Trinajstić information content (AvgIpc) is 3.46. The van der Waals surface area contributed by atoms with Gasteiger partial charge in [-0.25, -0.2) is 9.78 Å². The number of carboxylic acids is 1. The molecule has 0 unspecified atom stereocenters. The van der Waals surface area contributed by atoms with Crippen molar-refractivity contribution in [3.63, 3.8) is 0 Å². The molecule has 1 aliphatic carbocycles. The highest BCUT2D eigenvalue weighted by Gasteiger charge is 2.46. The minimum absolute atomic E-state index is 0.183. The van der Waals surface area contributed by atoms with Gasteiger partial charge in [0.1, 0.15) is 5.82 Å². The second-order valence-electron chi connectivity index (χ2n) is 14.0. The molecule has 0 spiro atoms. The van der Waals surface area contributed by atoms with Gasteiger partial charge in [-0.3, -0.25) is 9.36 Å². The number of aromatic nitrogens is 2. The van der Waals surface area contributed by atoms with E-state index in [1.165, 1.54) is 11.6 Å². The van der Waals surface area contributed by atoms with Crippen LogP contribution in [0.4, 0.5) is 13.2 Å². The Bertz CT molecular complexity index is 2240. The molecule has 1 aliphatic heterocycles. The van der Waals surface area contributed by atoms with Crippen LogP contribution in [0.15, 0.2) is 109 Å². The Morgan fingerprint density at radius 1 is 0.880 bits per heavy atom. The number of aromatic carboxylic acids is 1. The first kappa shape index (κ1) is 33.1. The van der Waals surface area contributed by atoms with Crippen molar-refractivity contribution in [2.45, 2.75) is 40.3 Å². The molecule has 7 rings (SSSR count). The maximum Gasteiger partial charge on any atom is 0.416 e. The number of nitrogens with zero attached hydrogens (tertiary/aromatic N) is 3. The third-order valence-electron chi connectivity index (χ3n) is 10.3. The van der Waals surface area contributed by atoms with Crippen LogP contribution < -0.4 is 0 Å². The van der Waals surface area contributed by atoms with Gasteiger partial charge in [-0.05, 0) is 72.5 Å². The van der Waals surface area contributed by atoms with Gasteiger partial charge in [0.2, 0.25) is 0 Å². The van der Waals surface area contributed by atoms with Gasteiger partial charge in [0.15, 0.2) is 0 Å². The number of hydrogen-bond donors (Lipinski definition) is 1. The normalized spacial score (nSPS) is 18.7. The van der Waals surface area contributed by atoms with Gasteiger partial charge in [-0.1, -0.05) is 87.0 Å². The Labute approximate surface area is 288 Å². The highest BCUT2D eigenvalue weighted by molar-refractivity contribution is 6.01. The van der Waals surface area contributed by atoms with E-state index < -0.39 is 17.7 Å². The van der Waals surface area contributed by atoms with Crippen LogP contribution in [0.3, 0.4) is 0 Å². The van der Waals surface area contributed by atoms with Crippen LogP contribution >= 0.6 is 0 Å². The molecular weight excluding hydrogens is 639 g/mol. The Morgan fingerprint density at radius 2 is 1.58 bits per heavy atom. The summed E-state index contributed by atoms with van der Waals surface area (Å²) >= 11 is 0. The van der Waals surface area contributed by atoms with Crippen LogP contribution in [0.2, 0.25) is 0 Å². The van der Waals surface area contributed by atoms with Crippen LogP contribution in [-0.2, 0) is 6.18 Å². The van der Waals surface area contributed by atoms with Crippen LogP contribution in [0, 0.1) is 17.8 Å². The molecule has 50 heavy (non-hydrogen) atoms. The summed E-state index contributed by atoms with van der Waals surface area (Å²) in [5.41, 5.74) is 5.35. The summed E-state index contributed by atoms with van der Waals surface area (Å²) in [6, 6.07) is 25.3. The molecule has 1 aromatic heterocycles. The minimum atomic E-state index is -4.53. The molecule has 4 aromatic carbocycles. The lowest BCUT2D eigenvalue weighted by Crippen LogP contribution is -2.48. The summed E-state index contributed by atoms with van der Waals surface area (Å²) in [4.78, 5) is 32.5. The maximum absolute atomic E-state index is 14.5. The molecule has 1 amide bonds. The van der Waals surface area contributed by atoms with E-state index >= 15 is 0 Å². The van der Waals surface area contributed by atoms with E-state index in [4.69, 9.17) is 4.98 Å². The number of fused-ring (bicyclic) bond motifs is 2. The van der Waals surface area contributed by atoms with Gasteiger partial charge in [-0.2, -0.15) is 13.2 Å². The number of halogens is 3. The van der Waals surface area contributed by atoms with Crippen LogP contribution in [0.5, 0.6) is 0 Å². The van der Waals surface area contributed by atoms with Crippen molar-refractivity contribution in [2.75, 3.05) is 13.1 Å². The van der Waals surface area contributed by atoms with Crippen LogP contribution in [-0.4, -0.2) is 44.5 Å². The zero-order valence-electron chi connectivity index (χ0n) is 28.2. The number of allylic oxidation sites excluding steroid dienone is 2. The number of rotatable bonds is 5. The van der Waals surface area contributed by atoms with Gasteiger partial charge >= 0.3 is 12.1 Å². The summed E-state index contributed by atoms with van der Waals surface area (Å²) in [6.07, 6.45) is 0.507. The highest BCUT2D eigenvalue weighted by Crippen LogP contribution is 2.55. The molecule has 5 aromatic rings. The van der Waals surface area contributed by atoms with Crippen molar-refractivity contribution < 1.29 is 27.9 Å². The topological polar surface area (TPSA) is 75.4 Å². The summed E-state index contributed by atoms with van der Waals surface area (Å²) < 4.78 is 43.1. The van der Waals surface area contributed by atoms with Crippen LogP contribution in [0.1, 0.15) is 64.6 Å². The van der Waals surface area contributed by atoms with E-state index in [2.05, 4.69) is 32.9 Å². The number of amides is 1. The molecule has 1 atom stereocenters. The summed E-state index contributed by atoms with van der Waals surface area (Å²) in [5.74, 6) is -0.768. The Balaban J connectivity index is 1.27. The van der Waals surface area contributed by atoms with Crippen molar-refractivity contribution in [2.24, 2.45) is 10.8 Å². The van der Waals surface area contributed by atoms with E-state index in [1.807, 2.05) is 58.9 Å². The summed E-state index contributed by atoms with van der Waals surface area (Å²) in [7, 11) is 0. The quantitative estimate of drug-likeness (QED) is 0.188. The zero-order valence-corrected chi connectivity index (χ0v) is 28.2. The molecule has 9 heteroatoms. The van der Waals surface area contributed by atoms with E-state index in [1.54, 1.807) is 30.3 Å². The molecule has 2 heterocycles. The number of imidazole rings is 1. The third kappa shape index (κ3) is 5.50. The van der Waals surface area contributed by atoms with Crippen molar-refractivity contribution in [1.82, 2.24) is 14.5 Å². The van der Waals surface area contributed by atoms with E-state index in [0.717, 1.165) is 34.5 Å². The van der Waals surface area contributed by atoms with Crippen molar-refractivity contribution in [3.8, 4) is 17.1 Å². The fourth-order valence-electron chi connectivity index (χ4n) is 7.89. The highest BCUT2D eigenvalue weighted by atomic mass is 19.4. The molecule has 0 saturated heterocycles. The van der Waals surface area contributed by atoms with Gasteiger partial charge in [0.05, 0.1) is 33.4 Å². The van der Waals surface area contributed by atoms with Gasteiger partial charge in [-0.15, -0.1) is 0 Å². The van der Waals surface area contributed by atoms with E-state index in [9.17, 15) is 27.9 Å². The number of carbonyl (C=O) groups is 2. The number of alkyl halides is 3. The predicted octanol–water partition coefficient (Wildman–Crippen LogP) is 9.62. The van der Waals surface area contributed by atoms with Gasteiger partial charge in [0.25, 0.3) is 5.91 Å². The summed E-state index contributed by atoms with van der Waals surface area (Å²) in [6.45, 7) is 9.29. The van der Waals surface area contributed by atoms with Crippen molar-refractivity contribution >= 4 is 28.5 Å². The number of hydrogen-bond acceptors (Lipinski definition) is 3. The largest absolute Gasteiger partial charge is 0.478 e. The first-order chi connectivity index (χ1) is 23.7. The van der Waals surface area contributed by atoms with Gasteiger partial charge < -0.3 is 10.0 Å². The van der Waals surface area contributed by atoms with Crippen molar-refractivity contribution in [1.29, 1.82) is 0 Å².